The van der Waals surface area contributed by atoms with Crippen molar-refractivity contribution >= 4 is 22.0 Å². The van der Waals surface area contributed by atoms with Gasteiger partial charge in [-0.2, -0.15) is 0 Å². The Balaban J connectivity index is 0. The first kappa shape index (κ1) is 11.9. The highest BCUT2D eigenvalue weighted by molar-refractivity contribution is 7.23. The van der Waals surface area contributed by atoms with Crippen LogP contribution < -0.4 is 0 Å². The Bertz CT molecular complexity index is 27.5. The van der Waals surface area contributed by atoms with Gasteiger partial charge < -0.3 is 0 Å². The fraction of sp³-hybridized carbons (Fsp3) is 1.00. The Morgan fingerprint density at radius 3 is 1.56 bits per heavy atom. The highest BCUT2D eigenvalue weighted by atomic mass is 13.6. The van der Waals surface area contributed by atoms with Crippen molar-refractivity contribution in [1.29, 1.82) is 0 Å². The molecule has 0 aromatic heterocycles. The summed E-state index contributed by atoms with van der Waals surface area (Å²) in [6.45, 7) is 6.57. The second-order valence-electron chi connectivity index (χ2n) is 2.35. The van der Waals surface area contributed by atoms with Crippen molar-refractivity contribution in [2.24, 2.45) is 0 Å². The van der Waals surface area contributed by atoms with Gasteiger partial charge in [0, 0.05) is 0 Å². The summed E-state index contributed by atoms with van der Waals surface area (Å²) >= 11 is 0. The third-order valence-corrected chi connectivity index (χ3v) is 1.21. The van der Waals surface area contributed by atoms with Gasteiger partial charge in [0.15, 0.2) is 0 Å². The third-order valence-electron chi connectivity index (χ3n) is 1.21. The lowest BCUT2D eigenvalue weighted by molar-refractivity contribution is 0.886. The van der Waals surface area contributed by atoms with Gasteiger partial charge in [-0.05, 0) is 0 Å². The van der Waals surface area contributed by atoms with E-state index in [2.05, 4.69) is 28.5 Å². The molecule has 0 aromatic carbocycles. The van der Waals surface area contributed by atoms with Crippen molar-refractivity contribution in [3.63, 3.8) is 0 Å². The quantitative estimate of drug-likeness (QED) is 0.482. The topological polar surface area (TPSA) is 0 Å². The van der Waals surface area contributed by atoms with E-state index in [4.69, 9.17) is 0 Å². The van der Waals surface area contributed by atoms with E-state index < -0.39 is 0 Å². The summed E-state index contributed by atoms with van der Waals surface area (Å²) in [5.74, 6) is 0. The minimum absolute atomic E-state index is 1.32. The number of hydrogen-bond acceptors (Lipinski definition) is 0. The monoisotopic (exact) mass is 124 g/mol. The second kappa shape index (κ2) is 15.7. The molecule has 0 N–H and O–H groups in total. The molecular formula is C6H19B3. The van der Waals surface area contributed by atoms with Crippen LogP contribution in [0.25, 0.3) is 0 Å². The van der Waals surface area contributed by atoms with Gasteiger partial charge in [0.25, 0.3) is 0 Å². The molecule has 0 aliphatic heterocycles. The zero-order chi connectivity index (χ0) is 7.54. The maximum absolute atomic E-state index is 2.21. The molecule has 0 bridgehead atoms. The smallest absolute Gasteiger partial charge is 0.0776 e. The van der Waals surface area contributed by atoms with E-state index in [0.717, 1.165) is 0 Å². The largest absolute Gasteiger partial charge is 0.0881 e. The summed E-state index contributed by atoms with van der Waals surface area (Å²) in [4.78, 5) is 0. The Hall–Kier alpha value is 0.195. The molecule has 0 spiro atoms. The van der Waals surface area contributed by atoms with Crippen molar-refractivity contribution < 1.29 is 0 Å². The standard InChI is InChI=1S/C4H10.C2H9B3/c1-3-4-2;1-2-4-5-3/h3-4H2,1-2H3;4-5H,2-3H2,1H3. The van der Waals surface area contributed by atoms with Crippen molar-refractivity contribution in [3.8, 4) is 0 Å². The molecule has 0 radical (unpaired) electrons. The molecule has 0 rings (SSSR count). The van der Waals surface area contributed by atoms with Crippen LogP contribution in [0.15, 0.2) is 0 Å². The predicted octanol–water partition coefficient (Wildman–Crippen LogP) is 0.567. The molecule has 3 heteroatoms. The van der Waals surface area contributed by atoms with E-state index in [-0.39, 0.29) is 0 Å². The highest BCUT2D eigenvalue weighted by Gasteiger charge is 1.75. The molecule has 0 saturated carbocycles. The van der Waals surface area contributed by atoms with Crippen LogP contribution in [0.1, 0.15) is 33.6 Å². The van der Waals surface area contributed by atoms with Crippen LogP contribution in [-0.2, 0) is 0 Å². The molecule has 0 fully saturated rings. The van der Waals surface area contributed by atoms with E-state index in [1.165, 1.54) is 33.4 Å². The van der Waals surface area contributed by atoms with Gasteiger partial charge in [0.2, 0.25) is 0 Å². The number of hydrogen-bond donors (Lipinski definition) is 0. The Morgan fingerprint density at radius 2 is 1.56 bits per heavy atom. The van der Waals surface area contributed by atoms with E-state index in [0.29, 0.717) is 0 Å². The van der Waals surface area contributed by atoms with E-state index >= 15 is 0 Å². The molecule has 0 nitrogen and oxygen atoms in total. The Labute approximate surface area is 62.7 Å². The van der Waals surface area contributed by atoms with Crippen LogP contribution in [0, 0.1) is 0 Å². The van der Waals surface area contributed by atoms with Crippen LogP contribution in [-0.4, -0.2) is 22.0 Å². The lowest BCUT2D eigenvalue weighted by atomic mass is 9.27. The van der Waals surface area contributed by atoms with Gasteiger partial charge in [0.05, 0.1) is 22.0 Å². The molecular weight excluding hydrogens is 105 g/mol. The summed E-state index contributed by atoms with van der Waals surface area (Å²) < 4.78 is 0. The Kier molecular flexibility index (Phi) is 20.8. The molecule has 9 heavy (non-hydrogen) atoms. The first-order chi connectivity index (χ1) is 4.33. The van der Waals surface area contributed by atoms with E-state index in [9.17, 15) is 0 Å². The van der Waals surface area contributed by atoms with Crippen molar-refractivity contribution in [1.82, 2.24) is 0 Å². The summed E-state index contributed by atoms with van der Waals surface area (Å²) in [7, 11) is 4.94. The molecule has 0 aliphatic carbocycles. The maximum atomic E-state index is 2.21. The van der Waals surface area contributed by atoms with Crippen LogP contribution in [0.3, 0.4) is 0 Å². The van der Waals surface area contributed by atoms with Crippen molar-refractivity contribution in [2.45, 2.75) is 39.9 Å². The number of unbranched alkanes of at least 4 members (excludes halogenated alkanes) is 1. The van der Waals surface area contributed by atoms with Crippen molar-refractivity contribution in [3.05, 3.63) is 0 Å². The first-order valence-corrected chi connectivity index (χ1v) is 4.33. The van der Waals surface area contributed by atoms with E-state index in [1.807, 2.05) is 0 Å². The third kappa shape index (κ3) is 30.8. The average molecular weight is 124 g/mol. The minimum Gasteiger partial charge on any atom is -0.0881 e. The normalized spacial score (nSPS) is 7.00. The molecule has 52 valence electrons. The lowest BCUT2D eigenvalue weighted by Gasteiger charge is -1.72. The van der Waals surface area contributed by atoms with Gasteiger partial charge in [-0.3, -0.25) is 0 Å². The zero-order valence-corrected chi connectivity index (χ0v) is 7.54. The van der Waals surface area contributed by atoms with Crippen LogP contribution >= 0.6 is 0 Å². The lowest BCUT2D eigenvalue weighted by Crippen LogP contribution is -1.98. The van der Waals surface area contributed by atoms with Gasteiger partial charge in [-0.15, -0.1) is 0 Å². The van der Waals surface area contributed by atoms with E-state index in [1.54, 1.807) is 0 Å². The maximum Gasteiger partial charge on any atom is 0.0776 e. The first-order valence-electron chi connectivity index (χ1n) is 4.33. The summed E-state index contributed by atoms with van der Waals surface area (Å²) in [6, 6.07) is 0. The molecule has 0 heterocycles. The molecule has 0 atom stereocenters. The average Bonchev–Trinajstić information content (AvgIpc) is 1.91. The molecule has 0 saturated heterocycles. The second-order valence-corrected chi connectivity index (χ2v) is 2.35. The van der Waals surface area contributed by atoms with Crippen LogP contribution in [0.2, 0.25) is 6.32 Å². The van der Waals surface area contributed by atoms with Gasteiger partial charge in [0.1, 0.15) is 0 Å². The SMILES string of the molecule is BBBCC.CCCC. The summed E-state index contributed by atoms with van der Waals surface area (Å²) in [5.41, 5.74) is 0. The number of rotatable bonds is 3. The molecule has 0 unspecified atom stereocenters. The minimum atomic E-state index is 1.32. The zero-order valence-electron chi connectivity index (χ0n) is 7.54. The molecule has 0 amide bonds. The fourth-order valence-corrected chi connectivity index (χ4v) is 0.354. The predicted molar refractivity (Wildman–Crippen MR) is 53.9 cm³/mol. The van der Waals surface area contributed by atoms with Gasteiger partial charge in [-0.1, -0.05) is 39.9 Å². The molecule has 0 aliphatic rings. The molecule has 0 aromatic rings. The Morgan fingerprint density at radius 1 is 1.11 bits per heavy atom. The summed E-state index contributed by atoms with van der Waals surface area (Å²) in [6.07, 6.45) is 3.98. The highest BCUT2D eigenvalue weighted by Crippen LogP contribution is 1.76. The summed E-state index contributed by atoms with van der Waals surface area (Å²) in [5, 5.41) is 0. The fourth-order valence-electron chi connectivity index (χ4n) is 0.354. The van der Waals surface area contributed by atoms with Crippen LogP contribution in [0.5, 0.6) is 0 Å². The van der Waals surface area contributed by atoms with Gasteiger partial charge >= 0.3 is 0 Å². The van der Waals surface area contributed by atoms with Crippen molar-refractivity contribution in [2.75, 3.05) is 0 Å². The van der Waals surface area contributed by atoms with Crippen LogP contribution in [0.4, 0.5) is 0 Å². The van der Waals surface area contributed by atoms with Gasteiger partial charge in [-0.25, -0.2) is 0 Å².